The summed E-state index contributed by atoms with van der Waals surface area (Å²) < 4.78 is 2.61. The summed E-state index contributed by atoms with van der Waals surface area (Å²) >= 11 is 9.55. The number of benzene rings is 1. The van der Waals surface area contributed by atoms with Crippen LogP contribution in [0.25, 0.3) is 11.3 Å². The highest BCUT2D eigenvalue weighted by Gasteiger charge is 2.17. The molecule has 2 aromatic rings. The molecule has 0 aliphatic carbocycles. The number of rotatable bonds is 3. The molecule has 1 aromatic carbocycles. The first kappa shape index (κ1) is 14.4. The predicted octanol–water partition coefficient (Wildman–Crippen LogP) is 4.28. The van der Waals surface area contributed by atoms with Crippen LogP contribution in [0, 0.1) is 5.92 Å². The summed E-state index contributed by atoms with van der Waals surface area (Å²) in [5.41, 5.74) is 9.12. The number of hydrogen-bond acceptors (Lipinski definition) is 2. The maximum Gasteiger partial charge on any atom is 0.125 e. The Labute approximate surface area is 126 Å². The van der Waals surface area contributed by atoms with Gasteiger partial charge in [-0.15, -0.1) is 0 Å². The highest BCUT2D eigenvalue weighted by molar-refractivity contribution is 9.10. The third-order valence-electron chi connectivity index (χ3n) is 3.00. The molecule has 0 aliphatic heterocycles. The smallest absolute Gasteiger partial charge is 0.125 e. The van der Waals surface area contributed by atoms with Crippen LogP contribution in [0.5, 0.6) is 0 Å². The Bertz CT molecular complexity index is 605. The van der Waals surface area contributed by atoms with Crippen LogP contribution in [0.2, 0.25) is 5.02 Å². The molecule has 0 amide bonds. The number of nitrogens with two attached hydrogens (primary N) is 1. The van der Waals surface area contributed by atoms with Gasteiger partial charge in [0, 0.05) is 22.6 Å². The average Bonchev–Trinajstić information content (AvgIpc) is 2.60. The lowest BCUT2D eigenvalue weighted by Gasteiger charge is -2.07. The fraction of sp³-hybridized carbons (Fsp3) is 0.357. The van der Waals surface area contributed by atoms with Gasteiger partial charge in [-0.3, -0.25) is 4.68 Å². The summed E-state index contributed by atoms with van der Waals surface area (Å²) in [5, 5.41) is 5.20. The van der Waals surface area contributed by atoms with E-state index in [1.165, 1.54) is 0 Å². The van der Waals surface area contributed by atoms with Crippen molar-refractivity contribution in [1.29, 1.82) is 0 Å². The summed E-state index contributed by atoms with van der Waals surface area (Å²) in [6.45, 7) is 4.34. The average molecular weight is 343 g/mol. The van der Waals surface area contributed by atoms with E-state index in [0.717, 1.165) is 33.5 Å². The van der Waals surface area contributed by atoms with Gasteiger partial charge in [-0.1, -0.05) is 31.5 Å². The molecule has 0 atom stereocenters. The van der Waals surface area contributed by atoms with E-state index in [1.54, 1.807) is 4.68 Å². The van der Waals surface area contributed by atoms with Gasteiger partial charge in [0.05, 0.1) is 10.7 Å². The second kappa shape index (κ2) is 5.55. The third-order valence-corrected chi connectivity index (χ3v) is 4.23. The van der Waals surface area contributed by atoms with E-state index in [1.807, 2.05) is 25.2 Å². The van der Waals surface area contributed by atoms with Gasteiger partial charge < -0.3 is 5.73 Å². The zero-order valence-electron chi connectivity index (χ0n) is 11.2. The van der Waals surface area contributed by atoms with E-state index in [-0.39, 0.29) is 0 Å². The van der Waals surface area contributed by atoms with Crippen LogP contribution in [0.4, 0.5) is 5.82 Å². The van der Waals surface area contributed by atoms with Crippen molar-refractivity contribution >= 4 is 33.3 Å². The molecule has 1 aromatic heterocycles. The SMILES string of the molecule is CC(C)Cc1c(-c2ccc(Br)c(Cl)c2)nn(C)c1N. The van der Waals surface area contributed by atoms with Crippen LogP contribution in [0.15, 0.2) is 22.7 Å². The molecule has 0 fully saturated rings. The van der Waals surface area contributed by atoms with Gasteiger partial charge >= 0.3 is 0 Å². The van der Waals surface area contributed by atoms with Crippen LogP contribution < -0.4 is 5.73 Å². The molecule has 0 aliphatic rings. The van der Waals surface area contributed by atoms with Gasteiger partial charge in [0.25, 0.3) is 0 Å². The lowest BCUT2D eigenvalue weighted by atomic mass is 9.99. The minimum atomic E-state index is 0.524. The molecular weight excluding hydrogens is 326 g/mol. The second-order valence-electron chi connectivity index (χ2n) is 5.06. The number of nitrogens with zero attached hydrogens (tertiary/aromatic N) is 2. The highest BCUT2D eigenvalue weighted by Crippen LogP contribution is 2.32. The molecule has 102 valence electrons. The summed E-state index contributed by atoms with van der Waals surface area (Å²) in [7, 11) is 1.86. The summed E-state index contributed by atoms with van der Waals surface area (Å²) in [5.74, 6) is 1.25. The summed E-state index contributed by atoms with van der Waals surface area (Å²) in [4.78, 5) is 0. The largest absolute Gasteiger partial charge is 0.384 e. The Hall–Kier alpha value is -1.00. The molecule has 3 nitrogen and oxygen atoms in total. The topological polar surface area (TPSA) is 43.8 Å². The number of aromatic nitrogens is 2. The van der Waals surface area contributed by atoms with E-state index < -0.39 is 0 Å². The first-order valence-electron chi connectivity index (χ1n) is 6.17. The predicted molar refractivity (Wildman–Crippen MR) is 84.3 cm³/mol. The third kappa shape index (κ3) is 2.95. The zero-order chi connectivity index (χ0) is 14.2. The van der Waals surface area contributed by atoms with Crippen LogP contribution in [0.3, 0.4) is 0 Å². The molecule has 0 spiro atoms. The molecule has 0 saturated carbocycles. The van der Waals surface area contributed by atoms with Crippen LogP contribution >= 0.6 is 27.5 Å². The molecule has 2 N–H and O–H groups in total. The Balaban J connectivity index is 2.54. The molecule has 1 heterocycles. The van der Waals surface area contributed by atoms with E-state index in [9.17, 15) is 0 Å². The number of halogens is 2. The zero-order valence-corrected chi connectivity index (χ0v) is 13.6. The van der Waals surface area contributed by atoms with E-state index >= 15 is 0 Å². The van der Waals surface area contributed by atoms with Gasteiger partial charge in [-0.2, -0.15) is 5.10 Å². The first-order valence-corrected chi connectivity index (χ1v) is 7.34. The number of anilines is 1. The van der Waals surface area contributed by atoms with Crippen molar-refractivity contribution in [2.75, 3.05) is 5.73 Å². The number of nitrogen functional groups attached to an aromatic ring is 1. The van der Waals surface area contributed by atoms with Crippen molar-refractivity contribution < 1.29 is 0 Å². The first-order chi connectivity index (χ1) is 8.90. The highest BCUT2D eigenvalue weighted by atomic mass is 79.9. The monoisotopic (exact) mass is 341 g/mol. The van der Waals surface area contributed by atoms with Gasteiger partial charge in [-0.05, 0) is 40.4 Å². The molecule has 2 rings (SSSR count). The minimum absolute atomic E-state index is 0.524. The van der Waals surface area contributed by atoms with E-state index in [4.69, 9.17) is 17.3 Å². The van der Waals surface area contributed by atoms with Crippen molar-refractivity contribution in [1.82, 2.24) is 9.78 Å². The normalized spacial score (nSPS) is 11.3. The fourth-order valence-electron chi connectivity index (χ4n) is 2.07. The number of hydrogen-bond donors (Lipinski definition) is 1. The Morgan fingerprint density at radius 2 is 2.11 bits per heavy atom. The van der Waals surface area contributed by atoms with E-state index in [0.29, 0.717) is 10.9 Å². The number of aryl methyl sites for hydroxylation is 1. The van der Waals surface area contributed by atoms with Crippen molar-refractivity contribution in [2.45, 2.75) is 20.3 Å². The Morgan fingerprint density at radius 1 is 1.42 bits per heavy atom. The van der Waals surface area contributed by atoms with Crippen LogP contribution in [0.1, 0.15) is 19.4 Å². The Morgan fingerprint density at radius 3 is 2.68 bits per heavy atom. The molecular formula is C14H17BrClN3. The molecule has 0 bridgehead atoms. The fourth-order valence-corrected chi connectivity index (χ4v) is 2.49. The molecule has 5 heteroatoms. The van der Waals surface area contributed by atoms with Crippen molar-refractivity contribution in [3.05, 3.63) is 33.3 Å². The van der Waals surface area contributed by atoms with Gasteiger partial charge in [0.2, 0.25) is 0 Å². The quantitative estimate of drug-likeness (QED) is 0.904. The van der Waals surface area contributed by atoms with Crippen molar-refractivity contribution in [3.8, 4) is 11.3 Å². The Kier molecular flexibility index (Phi) is 4.21. The summed E-state index contributed by atoms with van der Waals surface area (Å²) in [6, 6.07) is 5.85. The molecule has 0 unspecified atom stereocenters. The van der Waals surface area contributed by atoms with Crippen LogP contribution in [-0.4, -0.2) is 9.78 Å². The van der Waals surface area contributed by atoms with Crippen molar-refractivity contribution in [2.24, 2.45) is 13.0 Å². The van der Waals surface area contributed by atoms with Gasteiger partial charge in [0.1, 0.15) is 5.82 Å². The second-order valence-corrected chi connectivity index (χ2v) is 6.32. The summed E-state index contributed by atoms with van der Waals surface area (Å²) in [6.07, 6.45) is 0.905. The lowest BCUT2D eigenvalue weighted by molar-refractivity contribution is 0.648. The maximum atomic E-state index is 6.16. The van der Waals surface area contributed by atoms with Crippen molar-refractivity contribution in [3.63, 3.8) is 0 Å². The molecule has 0 saturated heterocycles. The maximum absolute atomic E-state index is 6.16. The van der Waals surface area contributed by atoms with Crippen LogP contribution in [-0.2, 0) is 13.5 Å². The van der Waals surface area contributed by atoms with Gasteiger partial charge in [-0.25, -0.2) is 0 Å². The molecule has 0 radical (unpaired) electrons. The lowest BCUT2D eigenvalue weighted by Crippen LogP contribution is -2.02. The van der Waals surface area contributed by atoms with E-state index in [2.05, 4.69) is 34.9 Å². The molecule has 19 heavy (non-hydrogen) atoms. The standard InChI is InChI=1S/C14H17BrClN3/c1-8(2)6-10-13(18-19(3)14(10)17)9-4-5-11(15)12(16)7-9/h4-5,7-8H,6,17H2,1-3H3. The minimum Gasteiger partial charge on any atom is -0.384 e. The van der Waals surface area contributed by atoms with Gasteiger partial charge in [0.15, 0.2) is 0 Å².